The summed E-state index contributed by atoms with van der Waals surface area (Å²) in [4.78, 5) is 12.3. The van der Waals surface area contributed by atoms with Gasteiger partial charge in [0.1, 0.15) is 11.7 Å². The SMILES string of the molecule is CC(=O)Nc1ccc(N(C)/C=C\C(=N)N)c(F)c1. The molecule has 1 amide bonds. The number of hydrogen-bond acceptors (Lipinski definition) is 3. The maximum Gasteiger partial charge on any atom is 0.221 e. The molecule has 6 heteroatoms. The van der Waals surface area contributed by atoms with Gasteiger partial charge >= 0.3 is 0 Å². The van der Waals surface area contributed by atoms with Crippen LogP contribution in [0, 0.1) is 11.2 Å². The summed E-state index contributed by atoms with van der Waals surface area (Å²) < 4.78 is 13.8. The van der Waals surface area contributed by atoms with Gasteiger partial charge in [-0.25, -0.2) is 4.39 Å². The van der Waals surface area contributed by atoms with Gasteiger partial charge in [0.05, 0.1) is 5.69 Å². The van der Waals surface area contributed by atoms with E-state index in [1.54, 1.807) is 13.1 Å². The molecule has 18 heavy (non-hydrogen) atoms. The molecule has 0 unspecified atom stereocenters. The van der Waals surface area contributed by atoms with Crippen molar-refractivity contribution in [2.75, 3.05) is 17.3 Å². The molecule has 1 rings (SSSR count). The van der Waals surface area contributed by atoms with Crippen LogP contribution in [0.4, 0.5) is 15.8 Å². The van der Waals surface area contributed by atoms with Crippen LogP contribution < -0.4 is 16.0 Å². The van der Waals surface area contributed by atoms with Crippen molar-refractivity contribution in [3.05, 3.63) is 36.3 Å². The molecule has 0 radical (unpaired) electrons. The average molecular weight is 250 g/mol. The maximum atomic E-state index is 13.8. The van der Waals surface area contributed by atoms with Gasteiger partial charge in [-0.3, -0.25) is 10.2 Å². The lowest BCUT2D eigenvalue weighted by Gasteiger charge is -2.15. The lowest BCUT2D eigenvalue weighted by atomic mass is 10.2. The molecule has 0 aliphatic rings. The number of nitrogens with zero attached hydrogens (tertiary/aromatic N) is 1. The first-order chi connectivity index (χ1) is 8.40. The fourth-order valence-corrected chi connectivity index (χ4v) is 1.35. The second-order valence-corrected chi connectivity index (χ2v) is 3.73. The number of amides is 1. The molecule has 0 aromatic heterocycles. The monoisotopic (exact) mass is 250 g/mol. The highest BCUT2D eigenvalue weighted by atomic mass is 19.1. The Morgan fingerprint density at radius 3 is 2.72 bits per heavy atom. The Bertz CT molecular complexity index is 499. The van der Waals surface area contributed by atoms with Crippen molar-refractivity contribution in [1.29, 1.82) is 5.41 Å². The van der Waals surface area contributed by atoms with Crippen molar-refractivity contribution < 1.29 is 9.18 Å². The van der Waals surface area contributed by atoms with E-state index in [-0.39, 0.29) is 11.7 Å². The predicted octanol–water partition coefficient (Wildman–Crippen LogP) is 1.67. The fourth-order valence-electron chi connectivity index (χ4n) is 1.35. The van der Waals surface area contributed by atoms with Crippen LogP contribution in [0.3, 0.4) is 0 Å². The summed E-state index contributed by atoms with van der Waals surface area (Å²) in [6.07, 6.45) is 2.83. The number of carbonyl (C=O) groups is 1. The summed E-state index contributed by atoms with van der Waals surface area (Å²) in [6, 6.07) is 4.36. The number of nitrogens with two attached hydrogens (primary N) is 1. The standard InChI is InChI=1S/C12H15FN4O/c1-8(18)16-9-3-4-11(10(13)7-9)17(2)6-5-12(14)15/h3-7H,1-2H3,(H3,14,15)(H,16,18)/b6-5-. The zero-order valence-corrected chi connectivity index (χ0v) is 10.2. The van der Waals surface area contributed by atoms with Crippen LogP contribution in [0.2, 0.25) is 0 Å². The number of hydrogen-bond donors (Lipinski definition) is 3. The van der Waals surface area contributed by atoms with Gasteiger partial charge in [0, 0.05) is 25.9 Å². The van der Waals surface area contributed by atoms with E-state index in [2.05, 4.69) is 5.32 Å². The van der Waals surface area contributed by atoms with E-state index >= 15 is 0 Å². The predicted molar refractivity (Wildman–Crippen MR) is 70.2 cm³/mol. The minimum Gasteiger partial charge on any atom is -0.384 e. The second-order valence-electron chi connectivity index (χ2n) is 3.73. The number of halogens is 1. The minimum absolute atomic E-state index is 0.114. The molecule has 0 heterocycles. The van der Waals surface area contributed by atoms with Crippen molar-refractivity contribution in [2.45, 2.75) is 6.92 Å². The summed E-state index contributed by atoms with van der Waals surface area (Å²) in [5.74, 6) is -0.846. The number of carbonyl (C=O) groups excluding carboxylic acids is 1. The van der Waals surface area contributed by atoms with Crippen molar-refractivity contribution in [2.24, 2.45) is 5.73 Å². The molecule has 0 aliphatic heterocycles. The number of nitrogens with one attached hydrogen (secondary N) is 2. The molecule has 0 saturated carbocycles. The molecule has 4 N–H and O–H groups in total. The van der Waals surface area contributed by atoms with Gasteiger partial charge in [0.2, 0.25) is 5.91 Å². The van der Waals surface area contributed by atoms with Crippen LogP contribution in [-0.2, 0) is 4.79 Å². The third kappa shape index (κ3) is 3.89. The molecular weight excluding hydrogens is 235 g/mol. The minimum atomic E-state index is -0.475. The van der Waals surface area contributed by atoms with Gasteiger partial charge in [-0.05, 0) is 24.3 Å². The van der Waals surface area contributed by atoms with Crippen LogP contribution in [0.25, 0.3) is 0 Å². The first-order valence-corrected chi connectivity index (χ1v) is 5.22. The zero-order valence-electron chi connectivity index (χ0n) is 10.2. The first kappa shape index (κ1) is 13.7. The molecule has 0 bridgehead atoms. The summed E-state index contributed by atoms with van der Waals surface area (Å²) in [6.45, 7) is 1.35. The van der Waals surface area contributed by atoms with Gasteiger partial charge in [-0.2, -0.15) is 0 Å². The van der Waals surface area contributed by atoms with Crippen molar-refractivity contribution in [1.82, 2.24) is 0 Å². The van der Waals surface area contributed by atoms with Gasteiger partial charge in [-0.15, -0.1) is 0 Å². The average Bonchev–Trinajstić information content (AvgIpc) is 2.25. The molecule has 1 aromatic rings. The van der Waals surface area contributed by atoms with E-state index < -0.39 is 5.82 Å². The fraction of sp³-hybridized carbons (Fsp3) is 0.167. The molecule has 0 fully saturated rings. The molecule has 1 aromatic carbocycles. The number of benzene rings is 1. The molecule has 0 aliphatic carbocycles. The second kappa shape index (κ2) is 5.81. The van der Waals surface area contributed by atoms with E-state index in [1.165, 1.54) is 36.2 Å². The largest absolute Gasteiger partial charge is 0.384 e. The van der Waals surface area contributed by atoms with Gasteiger partial charge in [0.25, 0.3) is 0 Å². The quantitative estimate of drug-likeness (QED) is 0.561. The normalized spacial score (nSPS) is 10.4. The maximum absolute atomic E-state index is 13.8. The lowest BCUT2D eigenvalue weighted by Crippen LogP contribution is -2.13. The van der Waals surface area contributed by atoms with Crippen molar-refractivity contribution in [3.8, 4) is 0 Å². The first-order valence-electron chi connectivity index (χ1n) is 5.22. The van der Waals surface area contributed by atoms with E-state index in [0.717, 1.165) is 0 Å². The Balaban J connectivity index is 2.91. The Hall–Kier alpha value is -2.37. The van der Waals surface area contributed by atoms with E-state index in [9.17, 15) is 9.18 Å². The van der Waals surface area contributed by atoms with Crippen LogP contribution >= 0.6 is 0 Å². The Labute approximate surface area is 105 Å². The van der Waals surface area contributed by atoms with Crippen LogP contribution in [0.15, 0.2) is 30.5 Å². The smallest absolute Gasteiger partial charge is 0.221 e. The highest BCUT2D eigenvalue weighted by Gasteiger charge is 2.07. The van der Waals surface area contributed by atoms with E-state index in [0.29, 0.717) is 11.4 Å². The van der Waals surface area contributed by atoms with Crippen molar-refractivity contribution in [3.63, 3.8) is 0 Å². The highest BCUT2D eigenvalue weighted by Crippen LogP contribution is 2.22. The Morgan fingerprint density at radius 2 is 2.22 bits per heavy atom. The number of amidine groups is 1. The van der Waals surface area contributed by atoms with Gasteiger partial charge < -0.3 is 16.0 Å². The van der Waals surface area contributed by atoms with Crippen LogP contribution in [0.1, 0.15) is 6.92 Å². The third-order valence-electron chi connectivity index (χ3n) is 2.13. The highest BCUT2D eigenvalue weighted by molar-refractivity contribution is 5.89. The molecule has 96 valence electrons. The summed E-state index contributed by atoms with van der Waals surface area (Å²) in [5.41, 5.74) is 5.88. The van der Waals surface area contributed by atoms with E-state index in [4.69, 9.17) is 11.1 Å². The molecule has 0 spiro atoms. The molecule has 0 atom stereocenters. The Morgan fingerprint density at radius 1 is 1.56 bits per heavy atom. The van der Waals surface area contributed by atoms with Crippen LogP contribution in [0.5, 0.6) is 0 Å². The topological polar surface area (TPSA) is 82.2 Å². The third-order valence-corrected chi connectivity index (χ3v) is 2.13. The van der Waals surface area contributed by atoms with Crippen molar-refractivity contribution >= 4 is 23.1 Å². The van der Waals surface area contributed by atoms with E-state index in [1.807, 2.05) is 0 Å². The van der Waals surface area contributed by atoms with Gasteiger partial charge in [-0.1, -0.05) is 0 Å². The molecule has 0 saturated heterocycles. The molecular formula is C12H15FN4O. The zero-order chi connectivity index (χ0) is 13.7. The number of rotatable bonds is 4. The summed E-state index contributed by atoms with van der Waals surface area (Å²) in [5, 5.41) is 9.53. The number of anilines is 2. The van der Waals surface area contributed by atoms with Gasteiger partial charge in [0.15, 0.2) is 0 Å². The van der Waals surface area contributed by atoms with Crippen LogP contribution in [-0.4, -0.2) is 18.8 Å². The summed E-state index contributed by atoms with van der Waals surface area (Å²) in [7, 11) is 1.63. The lowest BCUT2D eigenvalue weighted by molar-refractivity contribution is -0.114. The Kier molecular flexibility index (Phi) is 4.42. The summed E-state index contributed by atoms with van der Waals surface area (Å²) >= 11 is 0. The molecule has 5 nitrogen and oxygen atoms in total.